The first-order valence-electron chi connectivity index (χ1n) is 7.47. The van der Waals surface area contributed by atoms with Gasteiger partial charge in [-0.05, 0) is 12.1 Å². The van der Waals surface area contributed by atoms with Gasteiger partial charge in [-0.1, -0.05) is 11.8 Å². The molecule has 3 rings (SSSR count). The van der Waals surface area contributed by atoms with E-state index in [0.29, 0.717) is 22.8 Å². The lowest BCUT2D eigenvalue weighted by Gasteiger charge is -2.17. The van der Waals surface area contributed by atoms with Crippen LogP contribution in [-0.2, 0) is 9.84 Å². The molecule has 136 valence electrons. The monoisotopic (exact) mass is 385 g/mol. The summed E-state index contributed by atoms with van der Waals surface area (Å²) in [6, 6.07) is 3.18. The number of hydrazone groups is 1. The van der Waals surface area contributed by atoms with Crippen molar-refractivity contribution < 1.29 is 22.6 Å². The smallest absolute Gasteiger partial charge is 0.203 e. The third-order valence-electron chi connectivity index (χ3n) is 4.08. The van der Waals surface area contributed by atoms with Crippen LogP contribution in [-0.4, -0.2) is 68.9 Å². The fourth-order valence-electron chi connectivity index (χ4n) is 2.93. The van der Waals surface area contributed by atoms with Crippen molar-refractivity contribution >= 4 is 33.0 Å². The Morgan fingerprint density at radius 3 is 2.40 bits per heavy atom. The minimum Gasteiger partial charge on any atom is -0.493 e. The Balaban J connectivity index is 1.88. The van der Waals surface area contributed by atoms with Gasteiger partial charge in [-0.2, -0.15) is 5.10 Å². The molecule has 0 unspecified atom stereocenters. The largest absolute Gasteiger partial charge is 0.493 e. The number of nitrogens with one attached hydrogen (secondary N) is 1. The summed E-state index contributed by atoms with van der Waals surface area (Å²) >= 11 is 1.25. The summed E-state index contributed by atoms with van der Waals surface area (Å²) in [6.45, 7) is 0. The van der Waals surface area contributed by atoms with Gasteiger partial charge >= 0.3 is 0 Å². The molecule has 0 saturated carbocycles. The van der Waals surface area contributed by atoms with Crippen LogP contribution >= 0.6 is 11.8 Å². The number of fused-ring (bicyclic) bond motifs is 1. The van der Waals surface area contributed by atoms with Gasteiger partial charge in [-0.3, -0.25) is 5.41 Å². The molecule has 0 radical (unpaired) electrons. The van der Waals surface area contributed by atoms with E-state index in [0.717, 1.165) is 0 Å². The molecule has 2 aliphatic rings. The Kier molecular flexibility index (Phi) is 4.83. The van der Waals surface area contributed by atoms with Gasteiger partial charge in [0.1, 0.15) is 0 Å². The first kappa shape index (κ1) is 17.9. The van der Waals surface area contributed by atoms with Crippen LogP contribution in [0.15, 0.2) is 17.2 Å². The van der Waals surface area contributed by atoms with E-state index < -0.39 is 9.84 Å². The summed E-state index contributed by atoms with van der Waals surface area (Å²) in [5.41, 5.74) is 0.691. The zero-order valence-electron chi connectivity index (χ0n) is 14.1. The molecule has 1 aromatic carbocycles. The van der Waals surface area contributed by atoms with E-state index in [2.05, 4.69) is 5.10 Å². The quantitative estimate of drug-likeness (QED) is 0.760. The molecule has 1 aromatic rings. The van der Waals surface area contributed by atoms with Crippen molar-refractivity contribution in [1.29, 1.82) is 5.41 Å². The zero-order chi connectivity index (χ0) is 18.2. The van der Waals surface area contributed by atoms with Crippen LogP contribution in [0.1, 0.15) is 5.56 Å². The van der Waals surface area contributed by atoms with Crippen molar-refractivity contribution in [3.63, 3.8) is 0 Å². The second kappa shape index (κ2) is 6.75. The molecule has 0 bridgehead atoms. The van der Waals surface area contributed by atoms with Gasteiger partial charge < -0.3 is 14.2 Å². The van der Waals surface area contributed by atoms with Crippen LogP contribution in [0.3, 0.4) is 0 Å². The number of benzene rings is 1. The van der Waals surface area contributed by atoms with Crippen LogP contribution in [0.5, 0.6) is 17.2 Å². The highest BCUT2D eigenvalue weighted by Gasteiger charge is 2.48. The first-order chi connectivity index (χ1) is 11.9. The molecule has 0 aliphatic carbocycles. The lowest BCUT2D eigenvalue weighted by Crippen LogP contribution is -2.32. The number of nitrogens with zero attached hydrogens (tertiary/aromatic N) is 2. The number of ether oxygens (including phenoxy) is 3. The van der Waals surface area contributed by atoms with Gasteiger partial charge in [0.2, 0.25) is 5.75 Å². The highest BCUT2D eigenvalue weighted by molar-refractivity contribution is 8.15. The highest BCUT2D eigenvalue weighted by Crippen LogP contribution is 2.39. The maximum atomic E-state index is 11.8. The Bertz CT molecular complexity index is 799. The zero-order valence-corrected chi connectivity index (χ0v) is 15.7. The molecule has 2 aliphatic heterocycles. The number of sulfone groups is 1. The molecule has 2 heterocycles. The van der Waals surface area contributed by atoms with Gasteiger partial charge in [0.15, 0.2) is 26.5 Å². The van der Waals surface area contributed by atoms with Crippen molar-refractivity contribution in [2.75, 3.05) is 32.8 Å². The SMILES string of the molecule is COc1cc(/C=N\N2C(=N)S[C@@H]3CS(=O)(=O)C[C@H]32)cc(OC)c1OC. The Hall–Kier alpha value is -1.94. The Morgan fingerprint density at radius 2 is 1.84 bits per heavy atom. The van der Waals surface area contributed by atoms with E-state index in [4.69, 9.17) is 19.6 Å². The van der Waals surface area contributed by atoms with Crippen molar-refractivity contribution in [2.45, 2.75) is 11.3 Å². The standard InChI is InChI=1S/C15H19N3O5S2/c1-21-11-4-9(5-12(22-2)14(11)23-3)6-17-18-10-7-25(19,20)8-13(10)24-15(18)16/h4-6,10,13,16H,7-8H2,1-3H3/b16-15?,17-6-/t10-,13-/m1/s1. The molecular formula is C15H19N3O5S2. The number of rotatable bonds is 5. The maximum absolute atomic E-state index is 11.8. The number of hydrogen-bond donors (Lipinski definition) is 1. The molecule has 10 heteroatoms. The van der Waals surface area contributed by atoms with Gasteiger partial charge in [0.25, 0.3) is 0 Å². The van der Waals surface area contributed by atoms with Crippen LogP contribution in [0.4, 0.5) is 0 Å². The number of thioether (sulfide) groups is 1. The number of amidine groups is 1. The molecule has 8 nitrogen and oxygen atoms in total. The van der Waals surface area contributed by atoms with E-state index >= 15 is 0 Å². The number of methoxy groups -OCH3 is 3. The third-order valence-corrected chi connectivity index (χ3v) is 7.20. The Labute approximate surface area is 150 Å². The number of hydrogen-bond acceptors (Lipinski definition) is 8. The second-order valence-electron chi connectivity index (χ2n) is 5.65. The molecular weight excluding hydrogens is 366 g/mol. The molecule has 0 spiro atoms. The lowest BCUT2D eigenvalue weighted by atomic mass is 10.2. The predicted octanol–water partition coefficient (Wildman–Crippen LogP) is 1.20. The van der Waals surface area contributed by atoms with E-state index in [9.17, 15) is 8.42 Å². The van der Waals surface area contributed by atoms with Gasteiger partial charge in [0.05, 0.1) is 45.1 Å². The molecule has 1 N–H and O–H groups in total. The predicted molar refractivity (Wildman–Crippen MR) is 97.1 cm³/mol. The van der Waals surface area contributed by atoms with E-state index in [1.165, 1.54) is 38.1 Å². The van der Waals surface area contributed by atoms with Crippen molar-refractivity contribution in [1.82, 2.24) is 5.01 Å². The molecule has 2 saturated heterocycles. The third kappa shape index (κ3) is 3.40. The molecule has 0 amide bonds. The van der Waals surface area contributed by atoms with Gasteiger partial charge in [-0.25, -0.2) is 13.4 Å². The average molecular weight is 385 g/mol. The molecule has 0 aromatic heterocycles. The van der Waals surface area contributed by atoms with Gasteiger partial charge in [-0.15, -0.1) is 0 Å². The van der Waals surface area contributed by atoms with Crippen LogP contribution in [0.2, 0.25) is 0 Å². The van der Waals surface area contributed by atoms with Crippen molar-refractivity contribution in [3.8, 4) is 17.2 Å². The highest BCUT2D eigenvalue weighted by atomic mass is 32.2. The summed E-state index contributed by atoms with van der Waals surface area (Å²) < 4.78 is 39.5. The summed E-state index contributed by atoms with van der Waals surface area (Å²) in [7, 11) is 1.51. The topological polar surface area (TPSA) is 101 Å². The normalized spacial score (nSPS) is 24.6. The molecule has 2 atom stereocenters. The fourth-order valence-corrected chi connectivity index (χ4v) is 6.64. The van der Waals surface area contributed by atoms with E-state index in [-0.39, 0.29) is 28.0 Å². The summed E-state index contributed by atoms with van der Waals surface area (Å²) in [6.07, 6.45) is 1.56. The Morgan fingerprint density at radius 1 is 1.20 bits per heavy atom. The molecule has 25 heavy (non-hydrogen) atoms. The second-order valence-corrected chi connectivity index (χ2v) is 9.04. The lowest BCUT2D eigenvalue weighted by molar-refractivity contribution is 0.324. The van der Waals surface area contributed by atoms with Gasteiger partial charge in [0, 0.05) is 10.8 Å². The summed E-state index contributed by atoms with van der Waals surface area (Å²) in [5, 5.41) is 14.0. The maximum Gasteiger partial charge on any atom is 0.203 e. The van der Waals surface area contributed by atoms with Crippen LogP contribution in [0.25, 0.3) is 0 Å². The van der Waals surface area contributed by atoms with E-state index in [1.807, 2.05) is 0 Å². The van der Waals surface area contributed by atoms with Crippen LogP contribution < -0.4 is 14.2 Å². The van der Waals surface area contributed by atoms with Crippen molar-refractivity contribution in [2.24, 2.45) is 5.10 Å². The first-order valence-corrected chi connectivity index (χ1v) is 10.2. The fraction of sp³-hybridized carbons (Fsp3) is 0.467. The summed E-state index contributed by atoms with van der Waals surface area (Å²) in [5.74, 6) is 1.60. The molecule has 2 fully saturated rings. The van der Waals surface area contributed by atoms with E-state index in [1.54, 1.807) is 18.3 Å². The van der Waals surface area contributed by atoms with Crippen LogP contribution in [0, 0.1) is 5.41 Å². The minimum atomic E-state index is -3.06. The summed E-state index contributed by atoms with van der Waals surface area (Å²) in [4.78, 5) is 0. The van der Waals surface area contributed by atoms with Crippen molar-refractivity contribution in [3.05, 3.63) is 17.7 Å². The average Bonchev–Trinajstić information content (AvgIpc) is 3.01. The minimum absolute atomic E-state index is 0.0274.